The molecule has 1 unspecified atom stereocenters. The van der Waals surface area contributed by atoms with E-state index in [-0.39, 0.29) is 24.0 Å². The molecule has 1 aliphatic heterocycles. The minimum absolute atomic E-state index is 0. The number of likely N-dealkylation sites (tertiary alicyclic amines) is 1. The maximum atomic E-state index is 5.96. The van der Waals surface area contributed by atoms with E-state index in [0.717, 1.165) is 63.8 Å². The van der Waals surface area contributed by atoms with Gasteiger partial charge in [-0.25, -0.2) is 0 Å². The Labute approximate surface area is 204 Å². The molecule has 6 heteroatoms. The minimum atomic E-state index is 0. The van der Waals surface area contributed by atoms with Gasteiger partial charge >= 0.3 is 0 Å². The normalized spacial score (nSPS) is 16.1. The van der Waals surface area contributed by atoms with E-state index in [1.54, 1.807) is 7.11 Å². The van der Waals surface area contributed by atoms with E-state index in [4.69, 9.17) is 14.5 Å². The summed E-state index contributed by atoms with van der Waals surface area (Å²) in [6, 6.07) is 18.7. The number of methoxy groups -OCH3 is 1. The van der Waals surface area contributed by atoms with Crippen LogP contribution in [0, 0.1) is 5.92 Å². The topological polar surface area (TPSA) is 46.1 Å². The summed E-state index contributed by atoms with van der Waals surface area (Å²) < 4.78 is 11.2. The minimum Gasteiger partial charge on any atom is -0.497 e. The summed E-state index contributed by atoms with van der Waals surface area (Å²) in [5.74, 6) is 2.51. The Morgan fingerprint density at radius 2 is 1.87 bits per heavy atom. The number of rotatable bonds is 10. The van der Waals surface area contributed by atoms with E-state index in [1.807, 2.05) is 18.2 Å². The third kappa shape index (κ3) is 8.69. The van der Waals surface area contributed by atoms with Crippen molar-refractivity contribution in [1.29, 1.82) is 0 Å². The molecule has 0 bridgehead atoms. The Bertz CT molecular complexity index is 768. The molecule has 1 N–H and O–H groups in total. The van der Waals surface area contributed by atoms with Crippen LogP contribution in [0.5, 0.6) is 5.75 Å². The largest absolute Gasteiger partial charge is 0.497 e. The van der Waals surface area contributed by atoms with Crippen molar-refractivity contribution in [3.8, 4) is 5.75 Å². The quantitative estimate of drug-likeness (QED) is 0.206. The fourth-order valence-electron chi connectivity index (χ4n) is 3.76. The van der Waals surface area contributed by atoms with Crippen LogP contribution in [0.15, 0.2) is 59.6 Å². The van der Waals surface area contributed by atoms with E-state index >= 15 is 0 Å². The van der Waals surface area contributed by atoms with Crippen molar-refractivity contribution in [2.45, 2.75) is 32.8 Å². The second kappa shape index (κ2) is 14.3. The summed E-state index contributed by atoms with van der Waals surface area (Å²) in [5.41, 5.74) is 2.56. The smallest absolute Gasteiger partial charge is 0.193 e. The number of hydrogen-bond acceptors (Lipinski definition) is 3. The van der Waals surface area contributed by atoms with Crippen molar-refractivity contribution < 1.29 is 9.47 Å². The van der Waals surface area contributed by atoms with Gasteiger partial charge in [-0.2, -0.15) is 0 Å². The third-order valence-electron chi connectivity index (χ3n) is 5.43. The Balaban J connectivity index is 0.00000341. The van der Waals surface area contributed by atoms with Crippen molar-refractivity contribution in [1.82, 2.24) is 10.2 Å². The van der Waals surface area contributed by atoms with Crippen LogP contribution in [0.1, 0.15) is 30.9 Å². The van der Waals surface area contributed by atoms with Crippen molar-refractivity contribution >= 4 is 29.9 Å². The highest BCUT2D eigenvalue weighted by Gasteiger charge is 2.24. The molecule has 0 saturated carbocycles. The molecule has 1 aliphatic rings. The molecule has 0 aromatic heterocycles. The first-order valence-corrected chi connectivity index (χ1v) is 11.1. The van der Waals surface area contributed by atoms with E-state index in [2.05, 4.69) is 53.5 Å². The second-order valence-electron chi connectivity index (χ2n) is 7.79. The van der Waals surface area contributed by atoms with Gasteiger partial charge in [0.25, 0.3) is 0 Å². The number of aliphatic imine (C=N–C) groups is 1. The fourth-order valence-corrected chi connectivity index (χ4v) is 3.76. The lowest BCUT2D eigenvalue weighted by molar-refractivity contribution is 0.0907. The first-order valence-electron chi connectivity index (χ1n) is 11.1. The Morgan fingerprint density at radius 1 is 1.10 bits per heavy atom. The summed E-state index contributed by atoms with van der Waals surface area (Å²) in [6.45, 7) is 7.41. The summed E-state index contributed by atoms with van der Waals surface area (Å²) in [4.78, 5) is 7.25. The van der Waals surface area contributed by atoms with Gasteiger partial charge in [-0.3, -0.25) is 4.99 Å². The molecule has 1 saturated heterocycles. The molecule has 1 atom stereocenters. The highest BCUT2D eigenvalue weighted by Crippen LogP contribution is 2.18. The zero-order valence-electron chi connectivity index (χ0n) is 18.8. The number of nitrogens with zero attached hydrogens (tertiary/aromatic N) is 2. The van der Waals surface area contributed by atoms with E-state index in [1.165, 1.54) is 11.1 Å². The molecule has 5 nitrogen and oxygen atoms in total. The van der Waals surface area contributed by atoms with Crippen molar-refractivity contribution in [3.63, 3.8) is 0 Å². The average molecular weight is 537 g/mol. The van der Waals surface area contributed by atoms with Crippen molar-refractivity contribution in [2.24, 2.45) is 10.9 Å². The van der Waals surface area contributed by atoms with Crippen LogP contribution in [-0.2, 0) is 17.8 Å². The molecule has 2 aromatic rings. The first-order chi connectivity index (χ1) is 14.8. The number of benzene rings is 2. The van der Waals surface area contributed by atoms with E-state index in [0.29, 0.717) is 12.5 Å². The predicted octanol–water partition coefficient (Wildman–Crippen LogP) is 4.75. The van der Waals surface area contributed by atoms with Gasteiger partial charge in [0.05, 0.1) is 20.3 Å². The van der Waals surface area contributed by atoms with Gasteiger partial charge in [0, 0.05) is 32.1 Å². The summed E-state index contributed by atoms with van der Waals surface area (Å²) >= 11 is 0. The van der Waals surface area contributed by atoms with E-state index < -0.39 is 0 Å². The molecule has 31 heavy (non-hydrogen) atoms. The monoisotopic (exact) mass is 537 g/mol. The number of ether oxygens (including phenoxy) is 2. The van der Waals surface area contributed by atoms with Crippen molar-refractivity contribution in [3.05, 3.63) is 65.7 Å². The van der Waals surface area contributed by atoms with Crippen LogP contribution in [-0.4, -0.2) is 50.8 Å². The molecule has 0 radical (unpaired) electrons. The molecular weight excluding hydrogens is 501 g/mol. The lowest BCUT2D eigenvalue weighted by Crippen LogP contribution is -2.40. The predicted molar refractivity (Wildman–Crippen MR) is 138 cm³/mol. The molecule has 2 aromatic carbocycles. The van der Waals surface area contributed by atoms with Gasteiger partial charge in [-0.1, -0.05) is 42.5 Å². The highest BCUT2D eigenvalue weighted by atomic mass is 127. The van der Waals surface area contributed by atoms with Crippen LogP contribution in [0.4, 0.5) is 0 Å². The summed E-state index contributed by atoms with van der Waals surface area (Å²) in [7, 11) is 1.70. The molecule has 0 spiro atoms. The molecular formula is C25H36IN3O2. The van der Waals surface area contributed by atoms with Crippen LogP contribution in [0.25, 0.3) is 0 Å². The van der Waals surface area contributed by atoms with Gasteiger partial charge in [0.15, 0.2) is 5.96 Å². The Morgan fingerprint density at radius 3 is 2.58 bits per heavy atom. The number of aryl methyl sites for hydroxylation is 1. The van der Waals surface area contributed by atoms with Gasteiger partial charge in [-0.15, -0.1) is 24.0 Å². The zero-order valence-corrected chi connectivity index (χ0v) is 21.1. The molecule has 3 rings (SSSR count). The maximum Gasteiger partial charge on any atom is 0.193 e. The first kappa shape index (κ1) is 25.5. The van der Waals surface area contributed by atoms with E-state index in [9.17, 15) is 0 Å². The molecule has 0 amide bonds. The standard InChI is InChI=1S/C25H35N3O2.HI/c1-3-26-25(27-16-7-10-21-11-13-24(29-2)14-12-21)28-17-15-23(18-28)20-30-19-22-8-5-4-6-9-22;/h4-6,8-9,11-14,23H,3,7,10,15-20H2,1-2H3,(H,26,27);1H. The fraction of sp³-hybridized carbons (Fsp3) is 0.480. The maximum absolute atomic E-state index is 5.96. The van der Waals surface area contributed by atoms with Gasteiger partial charge in [0.2, 0.25) is 0 Å². The number of halogens is 1. The summed E-state index contributed by atoms with van der Waals surface area (Å²) in [6.07, 6.45) is 3.23. The lowest BCUT2D eigenvalue weighted by Gasteiger charge is -2.21. The molecule has 170 valence electrons. The molecule has 1 heterocycles. The number of nitrogens with one attached hydrogen (secondary N) is 1. The van der Waals surface area contributed by atoms with Gasteiger partial charge in [-0.05, 0) is 49.4 Å². The summed E-state index contributed by atoms with van der Waals surface area (Å²) in [5, 5.41) is 3.46. The lowest BCUT2D eigenvalue weighted by atomic mass is 10.1. The van der Waals surface area contributed by atoms with Gasteiger partial charge < -0.3 is 19.7 Å². The number of guanidine groups is 1. The SMILES string of the molecule is CCNC(=NCCCc1ccc(OC)cc1)N1CCC(COCc2ccccc2)C1.I. The van der Waals surface area contributed by atoms with Crippen LogP contribution in [0.2, 0.25) is 0 Å². The Kier molecular flexibility index (Phi) is 11.7. The van der Waals surface area contributed by atoms with Crippen LogP contribution < -0.4 is 10.1 Å². The second-order valence-corrected chi connectivity index (χ2v) is 7.79. The average Bonchev–Trinajstić information content (AvgIpc) is 3.26. The van der Waals surface area contributed by atoms with Gasteiger partial charge in [0.1, 0.15) is 5.75 Å². The molecule has 1 fully saturated rings. The zero-order chi connectivity index (χ0) is 21.0. The number of hydrogen-bond donors (Lipinski definition) is 1. The Hall–Kier alpha value is -1.80. The van der Waals surface area contributed by atoms with Crippen LogP contribution in [0.3, 0.4) is 0 Å². The third-order valence-corrected chi connectivity index (χ3v) is 5.43. The molecule has 0 aliphatic carbocycles. The van der Waals surface area contributed by atoms with Crippen molar-refractivity contribution in [2.75, 3.05) is 39.9 Å². The highest BCUT2D eigenvalue weighted by molar-refractivity contribution is 14.0. The van der Waals surface area contributed by atoms with Crippen LogP contribution >= 0.6 is 24.0 Å².